The van der Waals surface area contributed by atoms with Gasteiger partial charge in [0.05, 0.1) is 0 Å². The molecule has 0 atom stereocenters. The molecule has 0 amide bonds. The van der Waals surface area contributed by atoms with E-state index in [1.807, 2.05) is 6.07 Å². The Kier molecular flexibility index (Phi) is 4.50. The largest absolute Gasteiger partial charge is 0.345 e. The number of carbonyl (C=O) groups is 1. The number of halogens is 1. The Morgan fingerprint density at radius 2 is 2.00 bits per heavy atom. The zero-order valence-electron chi connectivity index (χ0n) is 11.3. The average molecular weight is 268 g/mol. The third-order valence-corrected chi connectivity index (χ3v) is 4.24. The number of hydrogen-bond acceptors (Lipinski definition) is 1. The SMILES string of the molecule is Cc1cc(C(=O)CCCl)c(C)n1C1CCCCC1. The molecule has 0 aliphatic heterocycles. The highest BCUT2D eigenvalue weighted by Crippen LogP contribution is 2.32. The van der Waals surface area contributed by atoms with Gasteiger partial charge >= 0.3 is 0 Å². The summed E-state index contributed by atoms with van der Waals surface area (Å²) in [5, 5.41) is 0. The molecule has 2 nitrogen and oxygen atoms in total. The number of alkyl halides is 1. The summed E-state index contributed by atoms with van der Waals surface area (Å²) >= 11 is 5.67. The van der Waals surface area contributed by atoms with E-state index < -0.39 is 0 Å². The lowest BCUT2D eigenvalue weighted by Crippen LogP contribution is -2.15. The molecule has 0 spiro atoms. The van der Waals surface area contributed by atoms with Crippen molar-refractivity contribution in [3.05, 3.63) is 23.0 Å². The average Bonchev–Trinajstić information content (AvgIpc) is 2.66. The zero-order chi connectivity index (χ0) is 13.1. The van der Waals surface area contributed by atoms with Crippen molar-refractivity contribution in [2.24, 2.45) is 0 Å². The maximum Gasteiger partial charge on any atom is 0.165 e. The summed E-state index contributed by atoms with van der Waals surface area (Å²) < 4.78 is 2.38. The molecule has 0 saturated heterocycles. The molecule has 1 fully saturated rings. The molecule has 18 heavy (non-hydrogen) atoms. The van der Waals surface area contributed by atoms with E-state index in [0.29, 0.717) is 18.3 Å². The van der Waals surface area contributed by atoms with E-state index >= 15 is 0 Å². The van der Waals surface area contributed by atoms with Crippen LogP contribution in [0, 0.1) is 13.8 Å². The number of carbonyl (C=O) groups excluding carboxylic acids is 1. The summed E-state index contributed by atoms with van der Waals surface area (Å²) in [5.41, 5.74) is 3.23. The number of aromatic nitrogens is 1. The number of ketones is 1. The second kappa shape index (κ2) is 5.92. The van der Waals surface area contributed by atoms with Crippen molar-refractivity contribution in [1.82, 2.24) is 4.57 Å². The van der Waals surface area contributed by atoms with Gasteiger partial charge < -0.3 is 4.57 Å². The summed E-state index contributed by atoms with van der Waals surface area (Å²) in [5.74, 6) is 0.589. The minimum absolute atomic E-state index is 0.181. The maximum atomic E-state index is 12.0. The van der Waals surface area contributed by atoms with Crippen LogP contribution in [0.3, 0.4) is 0 Å². The number of Topliss-reactive ketones (excluding diaryl/α,β-unsaturated/α-hetero) is 1. The molecule has 0 unspecified atom stereocenters. The fourth-order valence-electron chi connectivity index (χ4n) is 3.18. The highest BCUT2D eigenvalue weighted by Gasteiger charge is 2.22. The first-order valence-corrected chi connectivity index (χ1v) is 7.46. The minimum atomic E-state index is 0.181. The Bertz CT molecular complexity index is 430. The van der Waals surface area contributed by atoms with Gasteiger partial charge in [-0.3, -0.25) is 4.79 Å². The van der Waals surface area contributed by atoms with E-state index in [0.717, 1.165) is 11.3 Å². The van der Waals surface area contributed by atoms with E-state index in [9.17, 15) is 4.79 Å². The van der Waals surface area contributed by atoms with Gasteiger partial charge in [-0.25, -0.2) is 0 Å². The molecule has 1 aliphatic carbocycles. The Morgan fingerprint density at radius 3 is 2.61 bits per heavy atom. The lowest BCUT2D eigenvalue weighted by molar-refractivity contribution is 0.0988. The fraction of sp³-hybridized carbons (Fsp3) is 0.667. The molecule has 0 aromatic carbocycles. The van der Waals surface area contributed by atoms with E-state index in [4.69, 9.17) is 11.6 Å². The normalized spacial score (nSPS) is 17.1. The van der Waals surface area contributed by atoms with Gasteiger partial charge in [-0.1, -0.05) is 19.3 Å². The summed E-state index contributed by atoms with van der Waals surface area (Å²) in [4.78, 5) is 12.0. The molecular formula is C15H22ClNO. The van der Waals surface area contributed by atoms with Crippen LogP contribution in [-0.2, 0) is 0 Å². The number of rotatable bonds is 4. The van der Waals surface area contributed by atoms with Gasteiger partial charge in [0.15, 0.2) is 5.78 Å². The molecule has 1 heterocycles. The van der Waals surface area contributed by atoms with Gasteiger partial charge in [0.1, 0.15) is 0 Å². The van der Waals surface area contributed by atoms with Crippen molar-refractivity contribution >= 4 is 17.4 Å². The molecule has 0 radical (unpaired) electrons. The Hall–Kier alpha value is -0.760. The van der Waals surface area contributed by atoms with Crippen molar-refractivity contribution < 1.29 is 4.79 Å². The molecule has 1 aromatic rings. The van der Waals surface area contributed by atoms with Crippen LogP contribution in [0.5, 0.6) is 0 Å². The predicted molar refractivity (Wildman–Crippen MR) is 75.7 cm³/mol. The monoisotopic (exact) mass is 267 g/mol. The lowest BCUT2D eigenvalue weighted by atomic mass is 9.95. The van der Waals surface area contributed by atoms with Crippen LogP contribution in [0.4, 0.5) is 0 Å². The smallest absolute Gasteiger partial charge is 0.165 e. The van der Waals surface area contributed by atoms with Crippen molar-refractivity contribution in [1.29, 1.82) is 0 Å². The van der Waals surface area contributed by atoms with Gasteiger partial charge in [-0.05, 0) is 32.8 Å². The summed E-state index contributed by atoms with van der Waals surface area (Å²) in [6.07, 6.45) is 6.92. The molecule has 0 bridgehead atoms. The number of nitrogens with zero attached hydrogens (tertiary/aromatic N) is 1. The lowest BCUT2D eigenvalue weighted by Gasteiger charge is -2.26. The maximum absolute atomic E-state index is 12.0. The van der Waals surface area contributed by atoms with Crippen LogP contribution in [0.25, 0.3) is 0 Å². The van der Waals surface area contributed by atoms with Crippen molar-refractivity contribution in [3.63, 3.8) is 0 Å². The molecule has 100 valence electrons. The van der Waals surface area contributed by atoms with Crippen molar-refractivity contribution in [3.8, 4) is 0 Å². The van der Waals surface area contributed by atoms with Gasteiger partial charge in [0, 0.05) is 35.3 Å². The zero-order valence-corrected chi connectivity index (χ0v) is 12.1. The molecule has 2 rings (SSSR count). The summed E-state index contributed by atoms with van der Waals surface area (Å²) in [7, 11) is 0. The van der Waals surface area contributed by atoms with E-state index in [2.05, 4.69) is 18.4 Å². The van der Waals surface area contributed by atoms with Crippen LogP contribution in [0.15, 0.2) is 6.07 Å². The van der Waals surface area contributed by atoms with Gasteiger partial charge in [-0.2, -0.15) is 0 Å². The van der Waals surface area contributed by atoms with E-state index in [1.165, 1.54) is 37.8 Å². The first-order valence-electron chi connectivity index (χ1n) is 6.92. The molecule has 1 aliphatic rings. The van der Waals surface area contributed by atoms with Gasteiger partial charge in [-0.15, -0.1) is 11.6 Å². The Morgan fingerprint density at radius 1 is 1.33 bits per heavy atom. The van der Waals surface area contributed by atoms with Crippen LogP contribution >= 0.6 is 11.6 Å². The van der Waals surface area contributed by atoms with Crippen LogP contribution in [0.1, 0.15) is 66.3 Å². The molecule has 0 N–H and O–H groups in total. The van der Waals surface area contributed by atoms with Crippen molar-refractivity contribution in [2.75, 3.05) is 5.88 Å². The van der Waals surface area contributed by atoms with Crippen LogP contribution < -0.4 is 0 Å². The third-order valence-electron chi connectivity index (χ3n) is 4.05. The number of aryl methyl sites for hydroxylation is 1. The van der Waals surface area contributed by atoms with Crippen LogP contribution in [-0.4, -0.2) is 16.2 Å². The van der Waals surface area contributed by atoms with E-state index in [1.54, 1.807) is 0 Å². The van der Waals surface area contributed by atoms with Crippen LogP contribution in [0.2, 0.25) is 0 Å². The molecular weight excluding hydrogens is 246 g/mol. The molecule has 1 saturated carbocycles. The van der Waals surface area contributed by atoms with Crippen molar-refractivity contribution in [2.45, 2.75) is 58.4 Å². The minimum Gasteiger partial charge on any atom is -0.345 e. The number of hydrogen-bond donors (Lipinski definition) is 0. The Labute approximate surface area is 114 Å². The summed E-state index contributed by atoms with van der Waals surface area (Å²) in [6, 6.07) is 2.63. The second-order valence-electron chi connectivity index (χ2n) is 5.31. The summed E-state index contributed by atoms with van der Waals surface area (Å²) in [6.45, 7) is 4.18. The third kappa shape index (κ3) is 2.64. The van der Waals surface area contributed by atoms with Gasteiger partial charge in [0.2, 0.25) is 0 Å². The second-order valence-corrected chi connectivity index (χ2v) is 5.69. The predicted octanol–water partition coefficient (Wildman–Crippen LogP) is 4.42. The molecule has 3 heteroatoms. The molecule has 1 aromatic heterocycles. The topological polar surface area (TPSA) is 22.0 Å². The first kappa shape index (κ1) is 13.7. The van der Waals surface area contributed by atoms with E-state index in [-0.39, 0.29) is 5.78 Å². The van der Waals surface area contributed by atoms with Gasteiger partial charge in [0.25, 0.3) is 0 Å². The fourth-order valence-corrected chi connectivity index (χ4v) is 3.35. The standard InChI is InChI=1S/C15H22ClNO/c1-11-10-14(15(18)8-9-16)12(2)17(11)13-6-4-3-5-7-13/h10,13H,3-9H2,1-2H3. The highest BCUT2D eigenvalue weighted by molar-refractivity contribution is 6.19. The Balaban J connectivity index is 2.28. The quantitative estimate of drug-likeness (QED) is 0.585. The first-order chi connectivity index (χ1) is 8.65. The highest BCUT2D eigenvalue weighted by atomic mass is 35.5.